The number of fused-ring (bicyclic) bond motifs is 1. The molecule has 1 saturated carbocycles. The molecule has 1 aliphatic carbocycles. The Kier molecular flexibility index (Phi) is 5.59. The highest BCUT2D eigenvalue weighted by Gasteiger charge is 2.51. The van der Waals surface area contributed by atoms with Crippen molar-refractivity contribution in [2.24, 2.45) is 0 Å². The van der Waals surface area contributed by atoms with Crippen LogP contribution in [0, 0.1) is 0 Å². The lowest BCUT2D eigenvalue weighted by Crippen LogP contribution is -2.53. The zero-order chi connectivity index (χ0) is 23.0. The van der Waals surface area contributed by atoms with Crippen LogP contribution in [0.5, 0.6) is 0 Å². The summed E-state index contributed by atoms with van der Waals surface area (Å²) in [5.74, 6) is -0.384. The molecule has 3 aromatic rings. The van der Waals surface area contributed by atoms with E-state index in [-0.39, 0.29) is 11.9 Å². The van der Waals surface area contributed by atoms with Gasteiger partial charge in [0.2, 0.25) is 0 Å². The summed E-state index contributed by atoms with van der Waals surface area (Å²) in [5, 5.41) is 4.05. The second kappa shape index (κ2) is 8.56. The highest BCUT2D eigenvalue weighted by atomic mass is 35.5. The summed E-state index contributed by atoms with van der Waals surface area (Å²) in [6, 6.07) is 21.6. The van der Waals surface area contributed by atoms with Crippen LogP contribution >= 0.6 is 11.6 Å². The Bertz CT molecular complexity index is 1200. The van der Waals surface area contributed by atoms with Crippen LogP contribution in [-0.2, 0) is 16.1 Å². The quantitative estimate of drug-likeness (QED) is 0.461. The van der Waals surface area contributed by atoms with E-state index in [0.29, 0.717) is 30.0 Å². The molecule has 2 aliphatic rings. The van der Waals surface area contributed by atoms with Crippen LogP contribution in [0.4, 0.5) is 11.4 Å². The van der Waals surface area contributed by atoms with E-state index in [1.165, 1.54) is 7.11 Å². The summed E-state index contributed by atoms with van der Waals surface area (Å²) in [7, 11) is 1.40. The monoisotopic (exact) mass is 460 g/mol. The van der Waals surface area contributed by atoms with E-state index in [0.717, 1.165) is 40.9 Å². The number of nitrogens with zero attached hydrogens (tertiary/aromatic N) is 1. The predicted octanol–water partition coefficient (Wildman–Crippen LogP) is 6.19. The molecule has 1 N–H and O–H groups in total. The van der Waals surface area contributed by atoms with Crippen LogP contribution in [0.15, 0.2) is 66.7 Å². The number of methoxy groups -OCH3 is 1. The minimum atomic E-state index is -0.833. The first kappa shape index (κ1) is 21.5. The van der Waals surface area contributed by atoms with Gasteiger partial charge in [-0.2, -0.15) is 0 Å². The molecule has 0 unspecified atom stereocenters. The highest BCUT2D eigenvalue weighted by Crippen LogP contribution is 2.42. The fraction of sp³-hybridized carbons (Fsp3) is 0.259. The molecule has 0 aromatic heterocycles. The Balaban J connectivity index is 1.37. The fourth-order valence-corrected chi connectivity index (χ4v) is 5.13. The molecule has 168 valence electrons. The molecule has 0 radical (unpaired) electrons. The maximum Gasteiger partial charge on any atom is 0.331 e. The molecule has 1 amide bonds. The number of anilines is 2. The molecule has 33 heavy (non-hydrogen) atoms. The predicted molar refractivity (Wildman–Crippen MR) is 130 cm³/mol. The van der Waals surface area contributed by atoms with E-state index in [9.17, 15) is 9.59 Å². The van der Waals surface area contributed by atoms with Crippen LogP contribution in [-0.4, -0.2) is 29.4 Å². The van der Waals surface area contributed by atoms with Crippen molar-refractivity contribution in [1.82, 2.24) is 4.90 Å². The van der Waals surface area contributed by atoms with E-state index >= 15 is 0 Å². The van der Waals surface area contributed by atoms with E-state index < -0.39 is 5.54 Å². The normalized spacial score (nSPS) is 16.5. The molecule has 0 atom stereocenters. The molecule has 1 heterocycles. The number of benzene rings is 3. The fourth-order valence-electron chi connectivity index (χ4n) is 5.01. The number of carbonyl (C=O) groups is 2. The summed E-state index contributed by atoms with van der Waals surface area (Å²) in [5.41, 5.74) is 4.72. The number of amides is 1. The molecule has 5 rings (SSSR count). The third kappa shape index (κ3) is 3.87. The molecule has 1 aliphatic heterocycles. The molecule has 0 saturated heterocycles. The SMILES string of the molecule is COC(=O)C1(N2Cc3ccc(-c4ccc(Nc5ccc(Cl)cc5)cc4)cc3C2=O)CCCC1. The topological polar surface area (TPSA) is 58.6 Å². The molecule has 0 bridgehead atoms. The average molecular weight is 461 g/mol. The zero-order valence-corrected chi connectivity index (χ0v) is 19.2. The molecule has 0 spiro atoms. The minimum absolute atomic E-state index is 0.0832. The van der Waals surface area contributed by atoms with Gasteiger partial charge in [0.1, 0.15) is 5.54 Å². The van der Waals surface area contributed by atoms with Crippen LogP contribution in [0.25, 0.3) is 11.1 Å². The first-order valence-corrected chi connectivity index (χ1v) is 11.5. The number of rotatable bonds is 5. The lowest BCUT2D eigenvalue weighted by atomic mass is 9.95. The Labute approximate surface area is 198 Å². The maximum atomic E-state index is 13.4. The van der Waals surface area contributed by atoms with Gasteiger partial charge in [0, 0.05) is 28.5 Å². The molecule has 1 fully saturated rings. The Morgan fingerprint density at radius 3 is 2.18 bits per heavy atom. The minimum Gasteiger partial charge on any atom is -0.467 e. The van der Waals surface area contributed by atoms with Crippen molar-refractivity contribution in [2.45, 2.75) is 37.8 Å². The third-order valence-electron chi connectivity index (χ3n) is 6.78. The average Bonchev–Trinajstić information content (AvgIpc) is 3.46. The van der Waals surface area contributed by atoms with Crippen LogP contribution in [0.1, 0.15) is 41.6 Å². The van der Waals surface area contributed by atoms with Crippen LogP contribution in [0.2, 0.25) is 5.02 Å². The number of esters is 1. The Morgan fingerprint density at radius 1 is 0.939 bits per heavy atom. The molecular formula is C27H25ClN2O3. The standard InChI is InChI=1S/C27H25ClN2O3/c1-33-26(32)27(14-2-3-15-27)30-17-20-5-4-19(16-24(20)25(30)31)18-6-10-22(11-7-18)29-23-12-8-21(28)9-13-23/h4-13,16,29H,2-3,14-15,17H2,1H3. The lowest BCUT2D eigenvalue weighted by Gasteiger charge is -2.35. The zero-order valence-electron chi connectivity index (χ0n) is 18.4. The number of hydrogen-bond acceptors (Lipinski definition) is 4. The molecular weight excluding hydrogens is 436 g/mol. The van der Waals surface area contributed by atoms with Gasteiger partial charge in [-0.25, -0.2) is 4.79 Å². The molecule has 5 nitrogen and oxygen atoms in total. The van der Waals surface area contributed by atoms with Crippen molar-refractivity contribution in [3.05, 3.63) is 82.9 Å². The first-order chi connectivity index (χ1) is 16.0. The van der Waals surface area contributed by atoms with Crippen LogP contribution in [0.3, 0.4) is 0 Å². The van der Waals surface area contributed by atoms with Gasteiger partial charge in [0.05, 0.1) is 7.11 Å². The molecule has 6 heteroatoms. The molecule has 3 aromatic carbocycles. The van der Waals surface area contributed by atoms with Gasteiger partial charge in [0.15, 0.2) is 0 Å². The van der Waals surface area contributed by atoms with Crippen molar-refractivity contribution in [3.8, 4) is 11.1 Å². The Morgan fingerprint density at radius 2 is 1.55 bits per heavy atom. The maximum absolute atomic E-state index is 13.4. The first-order valence-electron chi connectivity index (χ1n) is 11.2. The summed E-state index contributed by atoms with van der Waals surface area (Å²) in [6.45, 7) is 0.452. The van der Waals surface area contributed by atoms with Crippen molar-refractivity contribution in [1.29, 1.82) is 0 Å². The smallest absolute Gasteiger partial charge is 0.331 e. The van der Waals surface area contributed by atoms with E-state index in [4.69, 9.17) is 16.3 Å². The largest absolute Gasteiger partial charge is 0.467 e. The third-order valence-corrected chi connectivity index (χ3v) is 7.03. The van der Waals surface area contributed by atoms with Crippen molar-refractivity contribution in [2.75, 3.05) is 12.4 Å². The van der Waals surface area contributed by atoms with Crippen molar-refractivity contribution >= 4 is 34.9 Å². The van der Waals surface area contributed by atoms with Gasteiger partial charge in [-0.1, -0.05) is 48.7 Å². The van der Waals surface area contributed by atoms with Crippen molar-refractivity contribution < 1.29 is 14.3 Å². The van der Waals surface area contributed by atoms with Gasteiger partial charge in [0.25, 0.3) is 5.91 Å². The second-order valence-electron chi connectivity index (χ2n) is 8.70. The number of carbonyl (C=O) groups excluding carboxylic acids is 2. The van der Waals surface area contributed by atoms with Gasteiger partial charge < -0.3 is 15.0 Å². The van der Waals surface area contributed by atoms with E-state index in [1.54, 1.807) is 4.90 Å². The summed E-state index contributed by atoms with van der Waals surface area (Å²) < 4.78 is 5.10. The van der Waals surface area contributed by atoms with Crippen LogP contribution < -0.4 is 5.32 Å². The van der Waals surface area contributed by atoms with Gasteiger partial charge in [-0.3, -0.25) is 4.79 Å². The number of nitrogens with one attached hydrogen (secondary N) is 1. The number of ether oxygens (including phenoxy) is 1. The summed E-state index contributed by atoms with van der Waals surface area (Å²) in [4.78, 5) is 27.8. The highest BCUT2D eigenvalue weighted by molar-refractivity contribution is 6.30. The van der Waals surface area contributed by atoms with E-state index in [2.05, 4.69) is 5.32 Å². The van der Waals surface area contributed by atoms with Crippen molar-refractivity contribution in [3.63, 3.8) is 0 Å². The van der Waals surface area contributed by atoms with E-state index in [1.807, 2.05) is 66.7 Å². The summed E-state index contributed by atoms with van der Waals surface area (Å²) >= 11 is 5.95. The van der Waals surface area contributed by atoms with Gasteiger partial charge in [-0.05, 0) is 72.0 Å². The second-order valence-corrected chi connectivity index (χ2v) is 9.14. The number of halogens is 1. The van der Waals surface area contributed by atoms with Gasteiger partial charge in [-0.15, -0.1) is 0 Å². The Hall–Kier alpha value is -3.31. The van der Waals surface area contributed by atoms with Gasteiger partial charge >= 0.3 is 5.97 Å². The lowest BCUT2D eigenvalue weighted by molar-refractivity contribution is -0.153. The number of hydrogen-bond donors (Lipinski definition) is 1. The summed E-state index contributed by atoms with van der Waals surface area (Å²) in [6.07, 6.45) is 3.18.